The van der Waals surface area contributed by atoms with E-state index in [-0.39, 0.29) is 6.42 Å². The lowest BCUT2D eigenvalue weighted by atomic mass is 9.95. The zero-order valence-corrected chi connectivity index (χ0v) is 9.31. The van der Waals surface area contributed by atoms with Gasteiger partial charge in [0.1, 0.15) is 0 Å². The number of aliphatic carboxylic acids is 1. The highest BCUT2D eigenvalue weighted by Crippen LogP contribution is 2.40. The van der Waals surface area contributed by atoms with Crippen LogP contribution in [0.4, 0.5) is 0 Å². The maximum Gasteiger partial charge on any atom is 0.335 e. The largest absolute Gasteiger partial charge is 0.479 e. The number of aliphatic hydroxyl groups is 1. The van der Waals surface area contributed by atoms with Gasteiger partial charge in [0.25, 0.3) is 0 Å². The zero-order chi connectivity index (χ0) is 11.8. The molecule has 0 bridgehead atoms. The van der Waals surface area contributed by atoms with Crippen LogP contribution in [0.5, 0.6) is 0 Å². The highest BCUT2D eigenvalue weighted by Gasteiger charge is 2.30. The summed E-state index contributed by atoms with van der Waals surface area (Å²) in [5.41, 5.74) is 0.470. The Bertz CT molecular complexity index is 405. The lowest BCUT2D eigenvalue weighted by molar-refractivity contribution is -0.156. The van der Waals surface area contributed by atoms with Crippen molar-refractivity contribution in [1.82, 2.24) is 0 Å². The third kappa shape index (κ3) is 2.42. The first-order valence-electron chi connectivity index (χ1n) is 5.53. The van der Waals surface area contributed by atoms with Crippen molar-refractivity contribution in [2.45, 2.75) is 37.7 Å². The van der Waals surface area contributed by atoms with E-state index in [4.69, 9.17) is 5.11 Å². The minimum absolute atomic E-state index is 0.156. The Hall–Kier alpha value is -1.35. The molecule has 2 N–H and O–H groups in total. The second-order valence-electron chi connectivity index (χ2n) is 4.78. The molecule has 3 heteroatoms. The summed E-state index contributed by atoms with van der Waals surface area (Å²) in [5.74, 6) is -0.529. The van der Waals surface area contributed by atoms with Crippen molar-refractivity contribution < 1.29 is 15.0 Å². The number of hydrogen-bond acceptors (Lipinski definition) is 2. The first kappa shape index (κ1) is 11.1. The van der Waals surface area contributed by atoms with Crippen molar-refractivity contribution in [3.8, 4) is 0 Å². The van der Waals surface area contributed by atoms with Crippen molar-refractivity contribution in [2.24, 2.45) is 0 Å². The summed E-state index contributed by atoms with van der Waals surface area (Å²) in [4.78, 5) is 10.8. The van der Waals surface area contributed by atoms with Gasteiger partial charge in [-0.25, -0.2) is 4.79 Å². The Morgan fingerprint density at radius 3 is 2.75 bits per heavy atom. The standard InChI is InChI=1S/C13H16O3/c1-13(16,12(14)15)8-9-3-2-4-11(7-9)10-5-6-10/h2-4,7,10,16H,5-6,8H2,1H3,(H,14,15). The Balaban J connectivity index is 2.14. The first-order valence-corrected chi connectivity index (χ1v) is 5.53. The molecule has 0 saturated heterocycles. The predicted molar refractivity (Wildman–Crippen MR) is 60.4 cm³/mol. The maximum atomic E-state index is 10.8. The minimum Gasteiger partial charge on any atom is -0.479 e. The molecule has 0 amide bonds. The number of carboxylic acid groups (broad SMARTS) is 1. The zero-order valence-electron chi connectivity index (χ0n) is 9.31. The summed E-state index contributed by atoms with van der Waals surface area (Å²) in [5, 5.41) is 18.5. The van der Waals surface area contributed by atoms with Gasteiger partial charge in [0, 0.05) is 6.42 Å². The van der Waals surface area contributed by atoms with Gasteiger partial charge < -0.3 is 10.2 Å². The van der Waals surface area contributed by atoms with Gasteiger partial charge in [-0.2, -0.15) is 0 Å². The number of carbonyl (C=O) groups is 1. The van der Waals surface area contributed by atoms with Crippen molar-refractivity contribution in [3.05, 3.63) is 35.4 Å². The molecule has 1 saturated carbocycles. The third-order valence-electron chi connectivity index (χ3n) is 3.01. The van der Waals surface area contributed by atoms with Crippen LogP contribution in [0.15, 0.2) is 24.3 Å². The maximum absolute atomic E-state index is 10.8. The van der Waals surface area contributed by atoms with Crippen LogP contribution >= 0.6 is 0 Å². The molecule has 1 aromatic carbocycles. The fraction of sp³-hybridized carbons (Fsp3) is 0.462. The Morgan fingerprint density at radius 1 is 1.50 bits per heavy atom. The normalized spacial score (nSPS) is 19.1. The van der Waals surface area contributed by atoms with Crippen LogP contribution < -0.4 is 0 Å². The molecule has 1 atom stereocenters. The van der Waals surface area contributed by atoms with Crippen LogP contribution in [0.25, 0.3) is 0 Å². The van der Waals surface area contributed by atoms with Gasteiger partial charge in [0.2, 0.25) is 0 Å². The van der Waals surface area contributed by atoms with Gasteiger partial charge >= 0.3 is 5.97 Å². The van der Waals surface area contributed by atoms with E-state index in [0.717, 1.165) is 5.56 Å². The molecule has 86 valence electrons. The number of hydrogen-bond donors (Lipinski definition) is 2. The molecule has 1 aromatic rings. The minimum atomic E-state index is -1.68. The van der Waals surface area contributed by atoms with E-state index in [1.54, 1.807) is 0 Å². The van der Waals surface area contributed by atoms with E-state index >= 15 is 0 Å². The number of carboxylic acids is 1. The van der Waals surface area contributed by atoms with Crippen LogP contribution in [0.2, 0.25) is 0 Å². The molecular formula is C13H16O3. The smallest absolute Gasteiger partial charge is 0.335 e. The van der Waals surface area contributed by atoms with Crippen LogP contribution in [0, 0.1) is 0 Å². The van der Waals surface area contributed by atoms with Gasteiger partial charge in [-0.1, -0.05) is 24.3 Å². The van der Waals surface area contributed by atoms with Crippen molar-refractivity contribution in [2.75, 3.05) is 0 Å². The molecule has 1 fully saturated rings. The van der Waals surface area contributed by atoms with E-state index < -0.39 is 11.6 Å². The summed E-state index contributed by atoms with van der Waals surface area (Å²) in [6.07, 6.45) is 2.60. The SMILES string of the molecule is CC(O)(Cc1cccc(C2CC2)c1)C(=O)O. The molecule has 1 aliphatic rings. The van der Waals surface area contributed by atoms with Crippen molar-refractivity contribution in [1.29, 1.82) is 0 Å². The molecule has 0 spiro atoms. The first-order chi connectivity index (χ1) is 7.49. The van der Waals surface area contributed by atoms with E-state index in [1.165, 1.54) is 25.3 Å². The second-order valence-corrected chi connectivity index (χ2v) is 4.78. The number of benzene rings is 1. The van der Waals surface area contributed by atoms with Crippen LogP contribution in [-0.4, -0.2) is 21.8 Å². The Morgan fingerprint density at radius 2 is 2.19 bits per heavy atom. The molecule has 0 aliphatic heterocycles. The van der Waals surface area contributed by atoms with Crippen LogP contribution in [0.3, 0.4) is 0 Å². The molecule has 2 rings (SSSR count). The van der Waals surface area contributed by atoms with Gasteiger partial charge in [-0.05, 0) is 36.8 Å². The van der Waals surface area contributed by atoms with E-state index in [1.807, 2.05) is 18.2 Å². The topological polar surface area (TPSA) is 57.5 Å². The van der Waals surface area contributed by atoms with Crippen molar-refractivity contribution in [3.63, 3.8) is 0 Å². The quantitative estimate of drug-likeness (QED) is 0.815. The van der Waals surface area contributed by atoms with Crippen LogP contribution in [-0.2, 0) is 11.2 Å². The molecule has 0 aromatic heterocycles. The fourth-order valence-corrected chi connectivity index (χ4v) is 1.85. The van der Waals surface area contributed by atoms with E-state index in [0.29, 0.717) is 5.92 Å². The Kier molecular flexibility index (Phi) is 2.72. The Labute approximate surface area is 94.7 Å². The molecule has 0 heterocycles. The molecule has 3 nitrogen and oxygen atoms in total. The summed E-state index contributed by atoms with van der Waals surface area (Å²) in [6, 6.07) is 7.87. The average molecular weight is 220 g/mol. The summed E-state index contributed by atoms with van der Waals surface area (Å²) in [7, 11) is 0. The fourth-order valence-electron chi connectivity index (χ4n) is 1.85. The van der Waals surface area contributed by atoms with Gasteiger partial charge in [0.05, 0.1) is 0 Å². The van der Waals surface area contributed by atoms with Gasteiger partial charge in [-0.3, -0.25) is 0 Å². The highest BCUT2D eigenvalue weighted by molar-refractivity contribution is 5.76. The molecule has 16 heavy (non-hydrogen) atoms. The second kappa shape index (κ2) is 3.91. The summed E-state index contributed by atoms with van der Waals surface area (Å²) >= 11 is 0. The lowest BCUT2D eigenvalue weighted by Gasteiger charge is -2.18. The average Bonchev–Trinajstić information content (AvgIpc) is 3.00. The predicted octanol–water partition coefficient (Wildman–Crippen LogP) is 1.94. The highest BCUT2D eigenvalue weighted by atomic mass is 16.4. The molecule has 1 unspecified atom stereocenters. The van der Waals surface area contributed by atoms with Crippen LogP contribution in [0.1, 0.15) is 36.8 Å². The molecule has 1 aliphatic carbocycles. The number of rotatable bonds is 4. The third-order valence-corrected chi connectivity index (χ3v) is 3.01. The summed E-state index contributed by atoms with van der Waals surface area (Å²) in [6.45, 7) is 1.33. The van der Waals surface area contributed by atoms with Gasteiger partial charge in [0.15, 0.2) is 5.60 Å². The lowest BCUT2D eigenvalue weighted by Crippen LogP contribution is -2.37. The molecular weight excluding hydrogens is 204 g/mol. The summed E-state index contributed by atoms with van der Waals surface area (Å²) < 4.78 is 0. The van der Waals surface area contributed by atoms with E-state index in [9.17, 15) is 9.90 Å². The van der Waals surface area contributed by atoms with E-state index in [2.05, 4.69) is 6.07 Å². The van der Waals surface area contributed by atoms with Gasteiger partial charge in [-0.15, -0.1) is 0 Å². The monoisotopic (exact) mass is 220 g/mol. The van der Waals surface area contributed by atoms with Crippen molar-refractivity contribution >= 4 is 5.97 Å². The molecule has 0 radical (unpaired) electrons.